The number of nitrogens with zero attached hydrogens (tertiary/aromatic N) is 1. The first-order valence-electron chi connectivity index (χ1n) is 23.9. The number of aliphatic hydroxyl groups excluding tert-OH is 1. The second-order valence-electron chi connectivity index (χ2n) is 16.5. The topological polar surface area (TPSA) is 102 Å². The predicted octanol–water partition coefficient (Wildman–Crippen LogP) is 12.3. The van der Waals surface area contributed by atoms with Gasteiger partial charge in [0.15, 0.2) is 0 Å². The number of hydrogen-bond donors (Lipinski definition) is 1. The van der Waals surface area contributed by atoms with Gasteiger partial charge >= 0.3 is 17.9 Å². The van der Waals surface area contributed by atoms with Crippen LogP contribution in [0.15, 0.2) is 48.6 Å². The fourth-order valence-electron chi connectivity index (χ4n) is 6.91. The zero-order chi connectivity index (χ0) is 42.0. The standard InChI is InChI=1S/C50H87NO7/c1-3-5-7-9-11-13-15-17-19-21-23-25-27-29-32-36-48(53)56-43-47(45-58-50(55)38-34-31-35-39-51-40-46(41-51)42-52)44-57-49(54)37-33-30-28-26-24-22-20-18-16-14-12-10-8-6-4-2/h11-14,17-20,46-47,52H,3-10,15-16,21-45H2,1-2H3/b13-11-,14-12-,19-17-,20-18-. The van der Waals surface area contributed by atoms with Crippen molar-refractivity contribution in [3.8, 4) is 0 Å². The van der Waals surface area contributed by atoms with Crippen molar-refractivity contribution in [2.75, 3.05) is 46.1 Å². The lowest BCUT2D eigenvalue weighted by molar-refractivity contribution is -0.153. The van der Waals surface area contributed by atoms with Gasteiger partial charge < -0.3 is 24.2 Å². The molecule has 1 heterocycles. The number of ether oxygens (including phenoxy) is 3. The van der Waals surface area contributed by atoms with Crippen LogP contribution in [0.4, 0.5) is 0 Å². The Morgan fingerprint density at radius 2 is 0.845 bits per heavy atom. The quantitative estimate of drug-likeness (QED) is 0.0282. The SMILES string of the molecule is CCCCC/C=C\C/C=C\CCCCCCCC(=O)OCC(COC(=O)CCCCCCC/C=C\C/C=C\CCCCC)COC(=O)CCCCCN1CC(CO)C1. The average Bonchev–Trinajstić information content (AvgIpc) is 3.20. The number of hydrogen-bond acceptors (Lipinski definition) is 8. The largest absolute Gasteiger partial charge is 0.465 e. The van der Waals surface area contributed by atoms with Gasteiger partial charge in [0.2, 0.25) is 0 Å². The van der Waals surface area contributed by atoms with Gasteiger partial charge in [-0.2, -0.15) is 0 Å². The predicted molar refractivity (Wildman–Crippen MR) is 241 cm³/mol. The molecule has 1 N–H and O–H groups in total. The number of aliphatic hydroxyl groups is 1. The van der Waals surface area contributed by atoms with E-state index in [0.29, 0.717) is 25.2 Å². The lowest BCUT2D eigenvalue weighted by atomic mass is 10.0. The number of unbranched alkanes of at least 4 members (excludes halogenated alkanes) is 18. The Balaban J connectivity index is 2.27. The third-order valence-electron chi connectivity index (χ3n) is 10.7. The molecule has 0 aromatic heterocycles. The molecule has 1 fully saturated rings. The molecule has 0 atom stereocenters. The molecule has 8 heteroatoms. The van der Waals surface area contributed by atoms with Gasteiger partial charge in [-0.25, -0.2) is 0 Å². The highest BCUT2D eigenvalue weighted by Gasteiger charge is 2.24. The van der Waals surface area contributed by atoms with E-state index in [1.54, 1.807) is 0 Å². The molecule has 0 saturated carbocycles. The Labute approximate surface area is 355 Å². The summed E-state index contributed by atoms with van der Waals surface area (Å²) in [6.45, 7) is 7.83. The van der Waals surface area contributed by atoms with E-state index in [-0.39, 0.29) is 44.3 Å². The van der Waals surface area contributed by atoms with Gasteiger partial charge in [0.05, 0.1) is 5.92 Å². The summed E-state index contributed by atoms with van der Waals surface area (Å²) in [7, 11) is 0. The second-order valence-corrected chi connectivity index (χ2v) is 16.5. The van der Waals surface area contributed by atoms with Crippen LogP contribution in [0.1, 0.15) is 194 Å². The molecule has 1 rings (SSSR count). The summed E-state index contributed by atoms with van der Waals surface area (Å²) in [6.07, 6.45) is 46.7. The number of carbonyl (C=O) groups excluding carboxylic acids is 3. The smallest absolute Gasteiger partial charge is 0.305 e. The summed E-state index contributed by atoms with van der Waals surface area (Å²) >= 11 is 0. The van der Waals surface area contributed by atoms with Crippen molar-refractivity contribution in [2.24, 2.45) is 11.8 Å². The average molecular weight is 814 g/mol. The monoisotopic (exact) mass is 814 g/mol. The molecule has 0 aromatic carbocycles. The fourth-order valence-corrected chi connectivity index (χ4v) is 6.91. The molecule has 0 amide bonds. The lowest BCUT2D eigenvalue weighted by Crippen LogP contribution is -2.48. The van der Waals surface area contributed by atoms with Crippen molar-refractivity contribution in [3.05, 3.63) is 48.6 Å². The Morgan fingerprint density at radius 3 is 1.22 bits per heavy atom. The van der Waals surface area contributed by atoms with Gasteiger partial charge in [-0.1, -0.05) is 133 Å². The van der Waals surface area contributed by atoms with Crippen molar-refractivity contribution in [1.82, 2.24) is 4.90 Å². The normalized spacial score (nSPS) is 13.8. The third kappa shape index (κ3) is 35.3. The summed E-state index contributed by atoms with van der Waals surface area (Å²) < 4.78 is 16.7. The number of carbonyl (C=O) groups is 3. The number of rotatable bonds is 41. The highest BCUT2D eigenvalue weighted by Crippen LogP contribution is 2.16. The van der Waals surface area contributed by atoms with Gasteiger partial charge in [0.1, 0.15) is 19.8 Å². The third-order valence-corrected chi connectivity index (χ3v) is 10.7. The zero-order valence-electron chi connectivity index (χ0n) is 37.4. The van der Waals surface area contributed by atoms with Gasteiger partial charge in [-0.05, 0) is 96.4 Å². The number of allylic oxidation sites excluding steroid dienone is 8. The maximum absolute atomic E-state index is 12.6. The van der Waals surface area contributed by atoms with Crippen LogP contribution in [0.2, 0.25) is 0 Å². The first kappa shape index (κ1) is 53.3. The van der Waals surface area contributed by atoms with Crippen LogP contribution < -0.4 is 0 Å². The Morgan fingerprint density at radius 1 is 0.500 bits per heavy atom. The lowest BCUT2D eigenvalue weighted by Gasteiger charge is -2.38. The molecule has 1 aliphatic rings. The minimum atomic E-state index is -0.392. The molecule has 0 bridgehead atoms. The molecule has 0 aromatic rings. The molecule has 58 heavy (non-hydrogen) atoms. The molecule has 8 nitrogen and oxygen atoms in total. The van der Waals surface area contributed by atoms with E-state index >= 15 is 0 Å². The summed E-state index contributed by atoms with van der Waals surface area (Å²) in [5.41, 5.74) is 0. The maximum atomic E-state index is 12.6. The highest BCUT2D eigenvalue weighted by atomic mass is 16.6. The number of esters is 3. The van der Waals surface area contributed by atoms with Crippen LogP contribution in [0.5, 0.6) is 0 Å². The van der Waals surface area contributed by atoms with E-state index < -0.39 is 5.92 Å². The maximum Gasteiger partial charge on any atom is 0.305 e. The van der Waals surface area contributed by atoms with Gasteiger partial charge in [0, 0.05) is 44.9 Å². The molecule has 334 valence electrons. The van der Waals surface area contributed by atoms with Crippen molar-refractivity contribution in [3.63, 3.8) is 0 Å². The van der Waals surface area contributed by atoms with E-state index in [1.165, 1.54) is 64.2 Å². The Bertz CT molecular complexity index is 1030. The van der Waals surface area contributed by atoms with Crippen molar-refractivity contribution in [1.29, 1.82) is 0 Å². The van der Waals surface area contributed by atoms with E-state index in [4.69, 9.17) is 14.2 Å². The molecule has 0 radical (unpaired) electrons. The highest BCUT2D eigenvalue weighted by molar-refractivity contribution is 5.70. The van der Waals surface area contributed by atoms with Crippen LogP contribution in [0, 0.1) is 11.8 Å². The van der Waals surface area contributed by atoms with Crippen LogP contribution in [-0.2, 0) is 28.6 Å². The van der Waals surface area contributed by atoms with Crippen LogP contribution in [0.3, 0.4) is 0 Å². The molecular formula is C50H87NO7. The molecule has 1 saturated heterocycles. The van der Waals surface area contributed by atoms with Crippen LogP contribution in [-0.4, -0.2) is 74.0 Å². The zero-order valence-corrected chi connectivity index (χ0v) is 37.4. The van der Waals surface area contributed by atoms with Gasteiger partial charge in [0.25, 0.3) is 0 Å². The molecular weight excluding hydrogens is 727 g/mol. The van der Waals surface area contributed by atoms with Crippen molar-refractivity contribution < 1.29 is 33.7 Å². The molecule has 0 unspecified atom stereocenters. The molecule has 0 aliphatic carbocycles. The molecule has 0 spiro atoms. The van der Waals surface area contributed by atoms with Gasteiger partial charge in [-0.3, -0.25) is 14.4 Å². The Hall–Kier alpha value is -2.71. The van der Waals surface area contributed by atoms with Crippen LogP contribution >= 0.6 is 0 Å². The summed E-state index contributed by atoms with van der Waals surface area (Å²) in [5, 5.41) is 9.18. The van der Waals surface area contributed by atoms with Crippen molar-refractivity contribution in [2.45, 2.75) is 194 Å². The minimum absolute atomic E-state index is 0.0586. The van der Waals surface area contributed by atoms with Crippen molar-refractivity contribution >= 4 is 17.9 Å². The van der Waals surface area contributed by atoms with Crippen LogP contribution in [0.25, 0.3) is 0 Å². The van der Waals surface area contributed by atoms with E-state index in [1.807, 2.05) is 0 Å². The molecule has 1 aliphatic heterocycles. The minimum Gasteiger partial charge on any atom is -0.465 e. The second kappa shape index (κ2) is 41.0. The summed E-state index contributed by atoms with van der Waals surface area (Å²) in [6, 6.07) is 0. The van der Waals surface area contributed by atoms with E-state index in [0.717, 1.165) is 116 Å². The summed E-state index contributed by atoms with van der Waals surface area (Å²) in [4.78, 5) is 40.0. The fraction of sp³-hybridized carbons (Fsp3) is 0.780. The van der Waals surface area contributed by atoms with E-state index in [2.05, 4.69) is 67.4 Å². The first-order chi connectivity index (χ1) is 28.5. The Kier molecular flexibility index (Phi) is 37.7. The number of likely N-dealkylation sites (tertiary alicyclic amines) is 1. The van der Waals surface area contributed by atoms with E-state index in [9.17, 15) is 19.5 Å². The summed E-state index contributed by atoms with van der Waals surface area (Å²) in [5.74, 6) is -0.770. The first-order valence-corrected chi connectivity index (χ1v) is 23.9. The van der Waals surface area contributed by atoms with Gasteiger partial charge in [-0.15, -0.1) is 0 Å².